The molecule has 4 heterocycles. The van der Waals surface area contributed by atoms with Gasteiger partial charge in [0, 0.05) is 28.7 Å². The van der Waals surface area contributed by atoms with Gasteiger partial charge in [0.15, 0.2) is 0 Å². The Labute approximate surface area is 203 Å². The summed E-state index contributed by atoms with van der Waals surface area (Å²) in [7, 11) is 0. The summed E-state index contributed by atoms with van der Waals surface area (Å²) in [6.45, 7) is 0.486. The minimum atomic E-state index is -0.433. The van der Waals surface area contributed by atoms with E-state index in [9.17, 15) is 9.59 Å². The molecule has 1 aliphatic carbocycles. The van der Waals surface area contributed by atoms with Crippen LogP contribution in [0.3, 0.4) is 0 Å². The highest BCUT2D eigenvalue weighted by Crippen LogP contribution is 2.44. The molecule has 2 aliphatic heterocycles. The van der Waals surface area contributed by atoms with Gasteiger partial charge in [0.1, 0.15) is 5.92 Å². The molecule has 1 saturated heterocycles. The largest absolute Gasteiger partial charge is 0.350 e. The van der Waals surface area contributed by atoms with Crippen molar-refractivity contribution in [3.8, 4) is 0 Å². The van der Waals surface area contributed by atoms with Gasteiger partial charge in [-0.05, 0) is 53.8 Å². The van der Waals surface area contributed by atoms with E-state index in [-0.39, 0.29) is 29.9 Å². The predicted octanol–water partition coefficient (Wildman–Crippen LogP) is 4.31. The highest BCUT2D eigenvalue weighted by Gasteiger charge is 2.49. The van der Waals surface area contributed by atoms with Crippen LogP contribution in [0.25, 0.3) is 10.1 Å². The van der Waals surface area contributed by atoms with E-state index in [0.717, 1.165) is 52.7 Å². The Morgan fingerprint density at radius 2 is 2.03 bits per heavy atom. The van der Waals surface area contributed by atoms with Crippen molar-refractivity contribution in [1.82, 2.24) is 15.2 Å². The molecule has 0 bridgehead atoms. The van der Waals surface area contributed by atoms with Crippen molar-refractivity contribution >= 4 is 38.9 Å². The molecule has 34 heavy (non-hydrogen) atoms. The fraction of sp³-hybridized carbons (Fsp3) is 0.407. The number of nitrogens with zero attached hydrogens (tertiary/aromatic N) is 3. The van der Waals surface area contributed by atoms with Gasteiger partial charge in [0.05, 0.1) is 24.7 Å². The van der Waals surface area contributed by atoms with E-state index in [1.54, 1.807) is 17.5 Å². The molecule has 1 N–H and O–H groups in total. The summed E-state index contributed by atoms with van der Waals surface area (Å²) in [5.74, 6) is -0.354. The molecule has 1 aromatic carbocycles. The third kappa shape index (κ3) is 3.72. The molecule has 6 rings (SSSR count). The van der Waals surface area contributed by atoms with Gasteiger partial charge in [-0.2, -0.15) is 0 Å². The normalized spacial score (nSPS) is 26.4. The number of hydrogen-bond acceptors (Lipinski definition) is 5. The SMILES string of the molecule is O=C1NCC2=N[C@@H]3CCCC[C@H]3N(C(=O)CCc3ccccn3)[C@H](c3cccc4ccsc34)C12. The maximum Gasteiger partial charge on any atom is 0.231 e. The number of aromatic nitrogens is 1. The van der Waals surface area contributed by atoms with E-state index in [4.69, 9.17) is 4.99 Å². The number of carbonyl (C=O) groups excluding carboxylic acids is 2. The second-order valence-corrected chi connectivity index (χ2v) is 10.4. The second kappa shape index (κ2) is 8.95. The number of fused-ring (bicyclic) bond motifs is 3. The summed E-state index contributed by atoms with van der Waals surface area (Å²) in [6.07, 6.45) is 6.84. The quantitative estimate of drug-likeness (QED) is 0.615. The lowest BCUT2D eigenvalue weighted by atomic mass is 9.85. The molecule has 0 spiro atoms. The number of amides is 2. The van der Waals surface area contributed by atoms with Gasteiger partial charge in [-0.25, -0.2) is 0 Å². The number of hydrogen-bond donors (Lipinski definition) is 1. The summed E-state index contributed by atoms with van der Waals surface area (Å²) < 4.78 is 1.16. The average Bonchev–Trinajstić information content (AvgIpc) is 3.45. The zero-order chi connectivity index (χ0) is 23.1. The van der Waals surface area contributed by atoms with Crippen LogP contribution >= 0.6 is 11.3 Å². The Morgan fingerprint density at radius 3 is 2.91 bits per heavy atom. The molecular formula is C27H28N4O2S. The Kier molecular flexibility index (Phi) is 5.65. The van der Waals surface area contributed by atoms with Crippen LogP contribution in [0.4, 0.5) is 0 Å². The molecule has 2 amide bonds. The topological polar surface area (TPSA) is 74.7 Å². The van der Waals surface area contributed by atoms with Gasteiger partial charge in [-0.1, -0.05) is 37.1 Å². The summed E-state index contributed by atoms with van der Waals surface area (Å²) in [5, 5.41) is 6.28. The van der Waals surface area contributed by atoms with Crippen LogP contribution in [0.2, 0.25) is 0 Å². The summed E-state index contributed by atoms with van der Waals surface area (Å²) >= 11 is 1.68. The molecule has 2 aromatic heterocycles. The molecule has 0 radical (unpaired) electrons. The molecular weight excluding hydrogens is 444 g/mol. The highest BCUT2D eigenvalue weighted by molar-refractivity contribution is 7.17. The molecule has 1 unspecified atom stereocenters. The van der Waals surface area contributed by atoms with Crippen LogP contribution in [0.15, 0.2) is 59.0 Å². The number of benzene rings is 1. The Hall–Kier alpha value is -3.06. The lowest BCUT2D eigenvalue weighted by Gasteiger charge is -2.42. The van der Waals surface area contributed by atoms with Crippen LogP contribution in [-0.4, -0.2) is 46.0 Å². The standard InChI is InChI=1S/C27H28N4O2S/c32-23(12-11-18-7-3-4-14-28-18)31-22-10-2-1-9-20(22)30-21-16-29-27(33)24(21)25(31)19-8-5-6-17-13-15-34-26(17)19/h3-8,13-15,20,22,24-25H,1-2,9-12,16H2,(H,29,33)/t20-,22-,24?,25-/m1/s1. The van der Waals surface area contributed by atoms with Crippen molar-refractivity contribution in [3.63, 3.8) is 0 Å². The minimum Gasteiger partial charge on any atom is -0.350 e. The number of thiophene rings is 1. The maximum absolute atomic E-state index is 14.1. The minimum absolute atomic E-state index is 0.0153. The lowest BCUT2D eigenvalue weighted by molar-refractivity contribution is -0.139. The number of pyridine rings is 1. The van der Waals surface area contributed by atoms with Crippen molar-refractivity contribution in [3.05, 3.63) is 65.3 Å². The molecule has 3 aliphatic rings. The fourth-order valence-electron chi connectivity index (χ4n) is 5.98. The van der Waals surface area contributed by atoms with Gasteiger partial charge in [0.2, 0.25) is 11.8 Å². The maximum atomic E-state index is 14.1. The third-order valence-electron chi connectivity index (χ3n) is 7.52. The van der Waals surface area contributed by atoms with Crippen molar-refractivity contribution in [2.24, 2.45) is 10.9 Å². The first-order valence-electron chi connectivity index (χ1n) is 12.2. The van der Waals surface area contributed by atoms with Crippen LogP contribution < -0.4 is 5.32 Å². The zero-order valence-electron chi connectivity index (χ0n) is 19.0. The number of carbonyl (C=O) groups is 2. The molecule has 174 valence electrons. The monoisotopic (exact) mass is 472 g/mol. The van der Waals surface area contributed by atoms with Crippen LogP contribution in [0, 0.1) is 5.92 Å². The van der Waals surface area contributed by atoms with Crippen molar-refractivity contribution in [2.75, 3.05) is 6.54 Å². The summed E-state index contributed by atoms with van der Waals surface area (Å²) in [4.78, 5) is 38.9. The molecule has 7 heteroatoms. The van der Waals surface area contributed by atoms with E-state index in [0.29, 0.717) is 19.4 Å². The highest BCUT2D eigenvalue weighted by atomic mass is 32.1. The van der Waals surface area contributed by atoms with Crippen LogP contribution in [-0.2, 0) is 16.0 Å². The van der Waals surface area contributed by atoms with Gasteiger partial charge < -0.3 is 10.2 Å². The Balaban J connectivity index is 1.46. The lowest BCUT2D eigenvalue weighted by Crippen LogP contribution is -2.51. The van der Waals surface area contributed by atoms with E-state index >= 15 is 0 Å². The van der Waals surface area contributed by atoms with Crippen molar-refractivity contribution in [2.45, 2.75) is 56.7 Å². The molecule has 3 aromatic rings. The first-order valence-corrected chi connectivity index (χ1v) is 13.1. The summed E-state index contributed by atoms with van der Waals surface area (Å²) in [5.41, 5.74) is 2.90. The Bertz CT molecular complexity index is 1250. The van der Waals surface area contributed by atoms with Crippen LogP contribution in [0.1, 0.15) is 49.4 Å². The number of aryl methyl sites for hydroxylation is 1. The van der Waals surface area contributed by atoms with Crippen molar-refractivity contribution < 1.29 is 9.59 Å². The van der Waals surface area contributed by atoms with Crippen molar-refractivity contribution in [1.29, 1.82) is 0 Å². The Morgan fingerprint density at radius 1 is 1.12 bits per heavy atom. The first-order chi connectivity index (χ1) is 16.7. The van der Waals surface area contributed by atoms with Gasteiger partial charge in [0.25, 0.3) is 0 Å². The smallest absolute Gasteiger partial charge is 0.231 e. The molecule has 4 atom stereocenters. The third-order valence-corrected chi connectivity index (χ3v) is 8.50. The zero-order valence-corrected chi connectivity index (χ0v) is 19.8. The van der Waals surface area contributed by atoms with E-state index in [2.05, 4.69) is 38.8 Å². The fourth-order valence-corrected chi connectivity index (χ4v) is 6.92. The molecule has 1 saturated carbocycles. The summed E-state index contributed by atoms with van der Waals surface area (Å²) in [6, 6.07) is 13.9. The van der Waals surface area contributed by atoms with E-state index in [1.807, 2.05) is 24.3 Å². The molecule has 2 fully saturated rings. The van der Waals surface area contributed by atoms with Gasteiger partial charge in [-0.3, -0.25) is 19.6 Å². The van der Waals surface area contributed by atoms with Crippen LogP contribution in [0.5, 0.6) is 0 Å². The van der Waals surface area contributed by atoms with Gasteiger partial charge in [-0.15, -0.1) is 11.3 Å². The second-order valence-electron chi connectivity index (χ2n) is 9.49. The number of nitrogens with one attached hydrogen (secondary N) is 1. The number of rotatable bonds is 4. The van der Waals surface area contributed by atoms with E-state index < -0.39 is 5.92 Å². The van der Waals surface area contributed by atoms with Gasteiger partial charge >= 0.3 is 0 Å². The first kappa shape index (κ1) is 21.5. The predicted molar refractivity (Wildman–Crippen MR) is 134 cm³/mol. The molecule has 6 nitrogen and oxygen atoms in total. The van der Waals surface area contributed by atoms with E-state index in [1.165, 1.54) is 0 Å². The average molecular weight is 473 g/mol. The number of aliphatic imine (C=N–C) groups is 1.